The average Bonchev–Trinajstić information content (AvgIpc) is 3.46. The molecule has 0 saturated heterocycles. The third-order valence-electron chi connectivity index (χ3n) is 5.21. The van der Waals surface area contributed by atoms with Crippen LogP contribution in [0.1, 0.15) is 69.5 Å². The van der Waals surface area contributed by atoms with Crippen LogP contribution in [-0.4, -0.2) is 27.4 Å². The quantitative estimate of drug-likeness (QED) is 0.400. The van der Waals surface area contributed by atoms with Gasteiger partial charge in [0, 0.05) is 30.9 Å². The zero-order valence-electron chi connectivity index (χ0n) is 18.3. The molecule has 0 amide bonds. The highest BCUT2D eigenvalue weighted by Crippen LogP contribution is 2.22. The molecule has 2 heterocycles. The second-order valence-corrected chi connectivity index (χ2v) is 7.34. The lowest BCUT2D eigenvalue weighted by Crippen LogP contribution is -2.38. The van der Waals surface area contributed by atoms with E-state index in [1.54, 1.807) is 6.20 Å². The van der Waals surface area contributed by atoms with Crippen LogP contribution >= 0.6 is 0 Å². The number of guanidine groups is 1. The maximum absolute atomic E-state index is 5.50. The minimum atomic E-state index is 0.0770. The van der Waals surface area contributed by atoms with Crippen LogP contribution in [0.4, 0.5) is 0 Å². The van der Waals surface area contributed by atoms with Gasteiger partial charge in [-0.1, -0.05) is 31.1 Å². The minimum Gasteiger partial charge on any atom is -0.359 e. The number of nitrogens with one attached hydrogen (secondary N) is 2. The van der Waals surface area contributed by atoms with E-state index < -0.39 is 0 Å². The van der Waals surface area contributed by atoms with Crippen molar-refractivity contribution in [3.8, 4) is 5.69 Å². The summed E-state index contributed by atoms with van der Waals surface area (Å²) in [5.41, 5.74) is 3.21. The number of rotatable bonds is 9. The highest BCUT2D eigenvalue weighted by molar-refractivity contribution is 5.80. The van der Waals surface area contributed by atoms with Crippen LogP contribution in [0.5, 0.6) is 0 Å². The summed E-state index contributed by atoms with van der Waals surface area (Å²) in [5.74, 6) is 1.97. The number of hydrogen-bond acceptors (Lipinski definition) is 4. The van der Waals surface area contributed by atoms with Gasteiger partial charge in [-0.05, 0) is 50.5 Å². The van der Waals surface area contributed by atoms with Gasteiger partial charge in [0.1, 0.15) is 6.54 Å². The second-order valence-electron chi connectivity index (χ2n) is 7.34. The van der Waals surface area contributed by atoms with E-state index in [-0.39, 0.29) is 6.04 Å². The summed E-state index contributed by atoms with van der Waals surface area (Å²) >= 11 is 0. The molecule has 2 aromatic heterocycles. The van der Waals surface area contributed by atoms with Crippen molar-refractivity contribution >= 4 is 5.96 Å². The van der Waals surface area contributed by atoms with Gasteiger partial charge in [0.25, 0.3) is 0 Å². The first-order valence-electron chi connectivity index (χ1n) is 10.7. The fraction of sp³-hybridized carbons (Fsp3) is 0.435. The summed E-state index contributed by atoms with van der Waals surface area (Å²) in [5, 5.41) is 15.3. The van der Waals surface area contributed by atoms with E-state index in [2.05, 4.69) is 65.7 Å². The van der Waals surface area contributed by atoms with Crippen LogP contribution in [-0.2, 0) is 6.54 Å². The molecule has 7 nitrogen and oxygen atoms in total. The van der Waals surface area contributed by atoms with Crippen LogP contribution in [0.2, 0.25) is 0 Å². The highest BCUT2D eigenvalue weighted by Gasteiger charge is 2.13. The third kappa shape index (κ3) is 5.49. The summed E-state index contributed by atoms with van der Waals surface area (Å²) in [6, 6.07) is 12.4. The molecule has 7 heteroatoms. The molecule has 0 saturated carbocycles. The van der Waals surface area contributed by atoms with Crippen molar-refractivity contribution in [1.29, 1.82) is 0 Å². The third-order valence-corrected chi connectivity index (χ3v) is 5.21. The molecular formula is C23H32N6O. The van der Waals surface area contributed by atoms with Gasteiger partial charge in [0.15, 0.2) is 11.7 Å². The standard InChI is InChI=1S/C23H32N6O/c1-5-18(6-2)22-15-21(30-28-22)16-25-23(24-7-3)27-17(4)19-10-8-11-20(14-19)29-13-9-12-26-29/h8-15,17-18H,5-7,16H2,1-4H3,(H2,24,25,27). The Balaban J connectivity index is 1.68. The van der Waals surface area contributed by atoms with Crippen LogP contribution in [0, 0.1) is 0 Å². The van der Waals surface area contributed by atoms with Gasteiger partial charge in [0.05, 0.1) is 17.4 Å². The highest BCUT2D eigenvalue weighted by atomic mass is 16.5. The Morgan fingerprint density at radius 3 is 2.70 bits per heavy atom. The van der Waals surface area contributed by atoms with Crippen LogP contribution in [0.25, 0.3) is 5.69 Å². The number of aliphatic imine (C=N–C) groups is 1. The Morgan fingerprint density at radius 1 is 1.17 bits per heavy atom. The van der Waals surface area contributed by atoms with Crippen molar-refractivity contribution in [3.63, 3.8) is 0 Å². The molecule has 1 aromatic carbocycles. The summed E-state index contributed by atoms with van der Waals surface area (Å²) in [6.45, 7) is 9.76. The zero-order chi connectivity index (χ0) is 21.3. The molecule has 0 aliphatic carbocycles. The van der Waals surface area contributed by atoms with Crippen LogP contribution in [0.3, 0.4) is 0 Å². The first-order chi connectivity index (χ1) is 14.6. The Bertz CT molecular complexity index is 927. The topological polar surface area (TPSA) is 80.3 Å². The molecule has 0 aliphatic heterocycles. The first-order valence-corrected chi connectivity index (χ1v) is 10.7. The second kappa shape index (κ2) is 10.6. The van der Waals surface area contributed by atoms with E-state index in [4.69, 9.17) is 4.52 Å². The lowest BCUT2D eigenvalue weighted by Gasteiger charge is -2.18. The molecule has 1 unspecified atom stereocenters. The van der Waals surface area contributed by atoms with Crippen LogP contribution < -0.4 is 10.6 Å². The molecule has 160 valence electrons. The molecule has 0 bridgehead atoms. The molecule has 0 fully saturated rings. The Labute approximate surface area is 178 Å². The van der Waals surface area contributed by atoms with Gasteiger partial charge in [-0.25, -0.2) is 9.67 Å². The minimum absolute atomic E-state index is 0.0770. The fourth-order valence-corrected chi connectivity index (χ4v) is 3.43. The first kappa shape index (κ1) is 21.6. The van der Waals surface area contributed by atoms with Gasteiger partial charge >= 0.3 is 0 Å². The van der Waals surface area contributed by atoms with Gasteiger partial charge in [-0.2, -0.15) is 5.10 Å². The van der Waals surface area contributed by atoms with Crippen molar-refractivity contribution in [2.24, 2.45) is 4.99 Å². The van der Waals surface area contributed by atoms with Crippen molar-refractivity contribution < 1.29 is 4.52 Å². The van der Waals surface area contributed by atoms with E-state index in [1.807, 2.05) is 35.1 Å². The van der Waals surface area contributed by atoms with E-state index >= 15 is 0 Å². The van der Waals surface area contributed by atoms with Crippen LogP contribution in [0.15, 0.2) is 58.3 Å². The van der Waals surface area contributed by atoms with Crippen molar-refractivity contribution in [1.82, 2.24) is 25.6 Å². The van der Waals surface area contributed by atoms with E-state index in [0.717, 1.165) is 48.1 Å². The Morgan fingerprint density at radius 2 is 2.00 bits per heavy atom. The molecule has 0 radical (unpaired) electrons. The zero-order valence-corrected chi connectivity index (χ0v) is 18.3. The number of nitrogens with zero attached hydrogens (tertiary/aromatic N) is 4. The summed E-state index contributed by atoms with van der Waals surface area (Å²) in [4.78, 5) is 4.69. The lowest BCUT2D eigenvalue weighted by atomic mass is 9.99. The fourth-order valence-electron chi connectivity index (χ4n) is 3.43. The summed E-state index contributed by atoms with van der Waals surface area (Å²) in [6.07, 6.45) is 5.84. The van der Waals surface area contributed by atoms with E-state index in [9.17, 15) is 0 Å². The van der Waals surface area contributed by atoms with E-state index in [0.29, 0.717) is 12.5 Å². The van der Waals surface area contributed by atoms with E-state index in [1.165, 1.54) is 0 Å². The summed E-state index contributed by atoms with van der Waals surface area (Å²) < 4.78 is 7.36. The van der Waals surface area contributed by atoms with Gasteiger partial charge < -0.3 is 15.2 Å². The predicted octanol–water partition coefficient (Wildman–Crippen LogP) is 4.58. The Kier molecular flexibility index (Phi) is 7.65. The molecule has 1 atom stereocenters. The molecule has 30 heavy (non-hydrogen) atoms. The smallest absolute Gasteiger partial charge is 0.192 e. The van der Waals surface area contributed by atoms with Gasteiger partial charge in [0.2, 0.25) is 0 Å². The summed E-state index contributed by atoms with van der Waals surface area (Å²) in [7, 11) is 0. The Hall–Kier alpha value is -3.09. The van der Waals surface area contributed by atoms with Gasteiger partial charge in [-0.15, -0.1) is 0 Å². The molecule has 3 aromatic rings. The van der Waals surface area contributed by atoms with Crippen molar-refractivity contribution in [2.75, 3.05) is 6.54 Å². The maximum atomic E-state index is 5.50. The molecule has 0 aliphatic rings. The molecule has 2 N–H and O–H groups in total. The number of aromatic nitrogens is 3. The molecule has 3 rings (SSSR count). The number of benzene rings is 1. The predicted molar refractivity (Wildman–Crippen MR) is 120 cm³/mol. The van der Waals surface area contributed by atoms with Crippen molar-refractivity contribution in [2.45, 2.75) is 59.0 Å². The van der Waals surface area contributed by atoms with Crippen molar-refractivity contribution in [3.05, 3.63) is 65.8 Å². The van der Waals surface area contributed by atoms with Gasteiger partial charge in [-0.3, -0.25) is 0 Å². The molecule has 0 spiro atoms. The monoisotopic (exact) mass is 408 g/mol. The molecular weight excluding hydrogens is 376 g/mol. The SMILES string of the molecule is CCNC(=NCc1cc(C(CC)CC)no1)NC(C)c1cccc(-n2cccn2)c1. The maximum Gasteiger partial charge on any atom is 0.192 e. The lowest BCUT2D eigenvalue weighted by molar-refractivity contribution is 0.372. The normalized spacial score (nSPS) is 12.9. The average molecular weight is 409 g/mol. The largest absolute Gasteiger partial charge is 0.359 e. The number of hydrogen-bond donors (Lipinski definition) is 2.